The lowest BCUT2D eigenvalue weighted by molar-refractivity contribution is 0.0968. The van der Waals surface area contributed by atoms with Crippen molar-refractivity contribution in [3.8, 4) is 0 Å². The third-order valence-electron chi connectivity index (χ3n) is 3.02. The van der Waals surface area contributed by atoms with Crippen molar-refractivity contribution >= 4 is 5.78 Å². The van der Waals surface area contributed by atoms with Crippen LogP contribution in [0.4, 0.5) is 0 Å². The third kappa shape index (κ3) is 5.43. The molecule has 1 aromatic rings. The molecule has 0 amide bonds. The van der Waals surface area contributed by atoms with Gasteiger partial charge in [-0.3, -0.25) is 4.79 Å². The smallest absolute Gasteiger partial charge is 0.164 e. The second-order valence-corrected chi connectivity index (χ2v) is 5.15. The van der Waals surface area contributed by atoms with Crippen molar-refractivity contribution in [1.29, 1.82) is 0 Å². The minimum Gasteiger partial charge on any atom is -0.308 e. The minimum atomic E-state index is 0.228. The second-order valence-electron chi connectivity index (χ2n) is 5.15. The number of carbonyl (C=O) groups is 1. The summed E-state index contributed by atoms with van der Waals surface area (Å²) in [6.07, 6.45) is 0.590. The Balaban J connectivity index is 2.34. The molecule has 0 bridgehead atoms. The lowest BCUT2D eigenvalue weighted by Crippen LogP contribution is -2.30. The number of ketones is 1. The molecule has 18 heavy (non-hydrogen) atoms. The summed E-state index contributed by atoms with van der Waals surface area (Å²) in [6.45, 7) is 4.87. The van der Waals surface area contributed by atoms with Crippen molar-refractivity contribution in [3.05, 3.63) is 35.4 Å². The lowest BCUT2D eigenvalue weighted by atomic mass is 10.1. The minimum absolute atomic E-state index is 0.228. The molecular weight excluding hydrogens is 224 g/mol. The van der Waals surface area contributed by atoms with Crippen molar-refractivity contribution in [2.24, 2.45) is 0 Å². The van der Waals surface area contributed by atoms with Crippen molar-refractivity contribution in [2.45, 2.75) is 13.3 Å². The van der Waals surface area contributed by atoms with Crippen molar-refractivity contribution < 1.29 is 4.79 Å². The van der Waals surface area contributed by atoms with Gasteiger partial charge in [-0.05, 0) is 28.1 Å². The zero-order chi connectivity index (χ0) is 13.5. The van der Waals surface area contributed by atoms with Crippen molar-refractivity contribution in [1.82, 2.24) is 9.80 Å². The van der Waals surface area contributed by atoms with Crippen LogP contribution < -0.4 is 0 Å². The van der Waals surface area contributed by atoms with Crippen LogP contribution in [-0.4, -0.2) is 56.4 Å². The Labute approximate surface area is 110 Å². The van der Waals surface area contributed by atoms with Gasteiger partial charge in [-0.25, -0.2) is 0 Å². The van der Waals surface area contributed by atoms with Gasteiger partial charge in [-0.15, -0.1) is 0 Å². The van der Waals surface area contributed by atoms with Crippen molar-refractivity contribution in [3.63, 3.8) is 0 Å². The van der Waals surface area contributed by atoms with Gasteiger partial charge in [0.1, 0.15) is 0 Å². The Hall–Kier alpha value is -1.19. The molecule has 0 heterocycles. The first-order valence-electron chi connectivity index (χ1n) is 6.42. The summed E-state index contributed by atoms with van der Waals surface area (Å²) in [5.74, 6) is 0.228. The van der Waals surface area contributed by atoms with Gasteiger partial charge < -0.3 is 9.80 Å². The van der Waals surface area contributed by atoms with Gasteiger partial charge >= 0.3 is 0 Å². The zero-order valence-corrected chi connectivity index (χ0v) is 11.9. The molecule has 0 atom stereocenters. The Morgan fingerprint density at radius 2 is 1.61 bits per heavy atom. The van der Waals surface area contributed by atoms with Crippen molar-refractivity contribution in [2.75, 3.05) is 40.8 Å². The molecular formula is C15H24N2O. The highest BCUT2D eigenvalue weighted by atomic mass is 16.1. The zero-order valence-electron chi connectivity index (χ0n) is 11.9. The number of hydrogen-bond acceptors (Lipinski definition) is 3. The van der Waals surface area contributed by atoms with Gasteiger partial charge in [-0.1, -0.05) is 29.8 Å². The molecule has 0 aromatic heterocycles. The Bertz CT molecular complexity index is 371. The average Bonchev–Trinajstić information content (AvgIpc) is 2.34. The van der Waals surface area contributed by atoms with Gasteiger partial charge in [0.25, 0.3) is 0 Å². The van der Waals surface area contributed by atoms with Crippen LogP contribution >= 0.6 is 0 Å². The first-order valence-corrected chi connectivity index (χ1v) is 6.42. The molecule has 3 nitrogen and oxygen atoms in total. The number of carbonyl (C=O) groups excluding carboxylic acids is 1. The highest BCUT2D eigenvalue weighted by Crippen LogP contribution is 2.06. The SMILES string of the molecule is Cc1ccc(C(=O)CCN(C)CCN(C)C)cc1. The average molecular weight is 248 g/mol. The van der Waals surface area contributed by atoms with E-state index in [1.165, 1.54) is 5.56 Å². The van der Waals surface area contributed by atoms with E-state index in [1.54, 1.807) is 0 Å². The number of aryl methyl sites for hydroxylation is 1. The van der Waals surface area contributed by atoms with Crippen LogP contribution in [0.5, 0.6) is 0 Å². The van der Waals surface area contributed by atoms with E-state index < -0.39 is 0 Å². The van der Waals surface area contributed by atoms with Crippen LogP contribution in [0.3, 0.4) is 0 Å². The molecule has 0 spiro atoms. The molecule has 3 heteroatoms. The predicted molar refractivity (Wildman–Crippen MR) is 76.2 cm³/mol. The maximum Gasteiger partial charge on any atom is 0.164 e. The summed E-state index contributed by atoms with van der Waals surface area (Å²) in [7, 11) is 6.18. The quantitative estimate of drug-likeness (QED) is 0.690. The third-order valence-corrected chi connectivity index (χ3v) is 3.02. The monoisotopic (exact) mass is 248 g/mol. The van der Waals surface area contributed by atoms with E-state index >= 15 is 0 Å². The molecule has 0 saturated carbocycles. The summed E-state index contributed by atoms with van der Waals surface area (Å²) < 4.78 is 0. The molecule has 0 aliphatic heterocycles. The fourth-order valence-corrected chi connectivity index (χ4v) is 1.66. The lowest BCUT2D eigenvalue weighted by Gasteiger charge is -2.18. The van der Waals surface area contributed by atoms with Gasteiger partial charge in [0.15, 0.2) is 5.78 Å². The van der Waals surface area contributed by atoms with Gasteiger partial charge in [0.2, 0.25) is 0 Å². The summed E-state index contributed by atoms with van der Waals surface area (Å²) in [5.41, 5.74) is 2.01. The fourth-order valence-electron chi connectivity index (χ4n) is 1.66. The number of hydrogen-bond donors (Lipinski definition) is 0. The number of likely N-dealkylation sites (N-methyl/N-ethyl adjacent to an activating group) is 2. The van der Waals surface area contributed by atoms with Gasteiger partial charge in [0.05, 0.1) is 0 Å². The first-order chi connectivity index (χ1) is 8.49. The molecule has 0 fully saturated rings. The molecule has 0 aliphatic carbocycles. The van der Waals surface area contributed by atoms with Crippen LogP contribution in [0.15, 0.2) is 24.3 Å². The molecule has 0 unspecified atom stereocenters. The normalized spacial score (nSPS) is 11.2. The predicted octanol–water partition coefficient (Wildman–Crippen LogP) is 2.06. The van der Waals surface area contributed by atoms with E-state index in [4.69, 9.17) is 0 Å². The molecule has 0 aliphatic rings. The number of Topliss-reactive ketones (excluding diaryl/α,β-unsaturated/α-hetero) is 1. The summed E-state index contributed by atoms with van der Waals surface area (Å²) in [4.78, 5) is 16.3. The molecule has 0 N–H and O–H groups in total. The highest BCUT2D eigenvalue weighted by molar-refractivity contribution is 5.96. The molecule has 1 aromatic carbocycles. The number of nitrogens with zero attached hydrogens (tertiary/aromatic N) is 2. The molecule has 100 valence electrons. The second kappa shape index (κ2) is 7.29. The summed E-state index contributed by atoms with van der Waals surface area (Å²) >= 11 is 0. The van der Waals surface area contributed by atoms with Crippen LogP contribution in [0, 0.1) is 6.92 Å². The molecule has 0 saturated heterocycles. The van der Waals surface area contributed by atoms with E-state index in [0.29, 0.717) is 6.42 Å². The van der Waals surface area contributed by atoms with Gasteiger partial charge in [-0.2, -0.15) is 0 Å². The first kappa shape index (κ1) is 14.9. The largest absolute Gasteiger partial charge is 0.308 e. The standard InChI is InChI=1S/C15H24N2O/c1-13-5-7-14(8-6-13)15(18)9-10-17(4)12-11-16(2)3/h5-8H,9-12H2,1-4H3. The van der Waals surface area contributed by atoms with E-state index in [0.717, 1.165) is 25.2 Å². The number of rotatable bonds is 7. The van der Waals surface area contributed by atoms with E-state index in [9.17, 15) is 4.79 Å². The highest BCUT2D eigenvalue weighted by Gasteiger charge is 2.07. The Kier molecular flexibility index (Phi) is 6.02. The number of benzene rings is 1. The molecule has 0 radical (unpaired) electrons. The maximum absolute atomic E-state index is 12.0. The van der Waals surface area contributed by atoms with E-state index in [2.05, 4.69) is 30.9 Å². The maximum atomic E-state index is 12.0. The summed E-state index contributed by atoms with van der Waals surface area (Å²) in [6, 6.07) is 7.81. The van der Waals surface area contributed by atoms with Crippen LogP contribution in [0.1, 0.15) is 22.3 Å². The van der Waals surface area contributed by atoms with E-state index in [-0.39, 0.29) is 5.78 Å². The fraction of sp³-hybridized carbons (Fsp3) is 0.533. The van der Waals surface area contributed by atoms with Gasteiger partial charge in [0, 0.05) is 31.6 Å². The Morgan fingerprint density at radius 1 is 1.00 bits per heavy atom. The van der Waals surface area contributed by atoms with Crippen LogP contribution in [0.25, 0.3) is 0 Å². The molecule has 1 rings (SSSR count). The van der Waals surface area contributed by atoms with E-state index in [1.807, 2.05) is 31.2 Å². The summed E-state index contributed by atoms with van der Waals surface area (Å²) in [5, 5.41) is 0. The Morgan fingerprint density at radius 3 is 2.17 bits per heavy atom. The van der Waals surface area contributed by atoms with Crippen LogP contribution in [-0.2, 0) is 0 Å². The van der Waals surface area contributed by atoms with Crippen LogP contribution in [0.2, 0.25) is 0 Å². The topological polar surface area (TPSA) is 23.6 Å².